The van der Waals surface area contributed by atoms with E-state index in [4.69, 9.17) is 14.2 Å². The number of hydrogen-bond acceptors (Lipinski definition) is 5. The van der Waals surface area contributed by atoms with Crippen LogP contribution in [-0.2, 0) is 20.9 Å². The maximum Gasteiger partial charge on any atom is 0.340 e. The lowest BCUT2D eigenvalue weighted by atomic mass is 10.0. The molecule has 0 saturated carbocycles. The van der Waals surface area contributed by atoms with Gasteiger partial charge in [0, 0.05) is 17.3 Å². The first-order valence-corrected chi connectivity index (χ1v) is 9.50. The molecule has 2 aromatic carbocycles. The third kappa shape index (κ3) is 4.08. The fraction of sp³-hybridized carbons (Fsp3) is 0.250. The lowest BCUT2D eigenvalue weighted by molar-refractivity contribution is -0.136. The zero-order valence-corrected chi connectivity index (χ0v) is 17.8. The first-order valence-electron chi connectivity index (χ1n) is 9.50. The topological polar surface area (TPSA) is 65.1 Å². The second-order valence-corrected chi connectivity index (χ2v) is 6.99. The molecule has 0 radical (unpaired) electrons. The quantitative estimate of drug-likeness (QED) is 0.537. The zero-order valence-electron chi connectivity index (χ0n) is 17.8. The first kappa shape index (κ1) is 21.2. The summed E-state index contributed by atoms with van der Waals surface area (Å²) in [7, 11) is 4.42. The number of methoxy groups -OCH3 is 3. The zero-order chi connectivity index (χ0) is 21.8. The Morgan fingerprint density at radius 3 is 2.30 bits per heavy atom. The Hall–Kier alpha value is -3.54. The third-order valence-electron chi connectivity index (χ3n) is 5.10. The van der Waals surface area contributed by atoms with E-state index >= 15 is 0 Å². The van der Waals surface area contributed by atoms with Gasteiger partial charge in [-0.1, -0.05) is 29.8 Å². The number of rotatable bonds is 6. The van der Waals surface area contributed by atoms with Gasteiger partial charge in [-0.25, -0.2) is 4.79 Å². The maximum atomic E-state index is 13.3. The fourth-order valence-corrected chi connectivity index (χ4v) is 3.39. The second-order valence-electron chi connectivity index (χ2n) is 6.99. The van der Waals surface area contributed by atoms with E-state index in [0.29, 0.717) is 29.3 Å². The van der Waals surface area contributed by atoms with Gasteiger partial charge in [0.05, 0.1) is 39.0 Å². The molecule has 1 aliphatic heterocycles. The summed E-state index contributed by atoms with van der Waals surface area (Å²) in [5, 5.41) is 0. The minimum atomic E-state index is -0.550. The molecule has 0 fully saturated rings. The van der Waals surface area contributed by atoms with Crippen LogP contribution in [0.5, 0.6) is 11.5 Å². The molecule has 0 saturated heterocycles. The van der Waals surface area contributed by atoms with E-state index in [1.807, 2.05) is 31.2 Å². The molecule has 2 aromatic rings. The minimum absolute atomic E-state index is 0.257. The van der Waals surface area contributed by atoms with Gasteiger partial charge in [0.2, 0.25) is 0 Å². The molecule has 3 rings (SSSR count). The summed E-state index contributed by atoms with van der Waals surface area (Å²) in [6.07, 6.45) is 1.66. The van der Waals surface area contributed by atoms with Gasteiger partial charge < -0.3 is 19.1 Å². The van der Waals surface area contributed by atoms with Crippen molar-refractivity contribution in [3.8, 4) is 11.5 Å². The lowest BCUT2D eigenvalue weighted by Gasteiger charge is -2.18. The molecule has 1 amide bonds. The van der Waals surface area contributed by atoms with Crippen molar-refractivity contribution in [3.63, 3.8) is 0 Å². The molecule has 0 spiro atoms. The van der Waals surface area contributed by atoms with Gasteiger partial charge in [-0.05, 0) is 37.6 Å². The summed E-state index contributed by atoms with van der Waals surface area (Å²) in [6, 6.07) is 13.2. The number of aryl methyl sites for hydroxylation is 1. The highest BCUT2D eigenvalue weighted by atomic mass is 16.5. The molecule has 1 heterocycles. The van der Waals surface area contributed by atoms with Gasteiger partial charge in [-0.3, -0.25) is 4.79 Å². The van der Waals surface area contributed by atoms with E-state index in [-0.39, 0.29) is 17.1 Å². The average molecular weight is 407 g/mol. The van der Waals surface area contributed by atoms with E-state index in [1.54, 1.807) is 50.3 Å². The second kappa shape index (κ2) is 8.86. The van der Waals surface area contributed by atoms with Crippen LogP contribution in [0, 0.1) is 6.92 Å². The van der Waals surface area contributed by atoms with Crippen molar-refractivity contribution in [3.05, 3.63) is 76.0 Å². The normalized spacial score (nSPS) is 15.0. The summed E-state index contributed by atoms with van der Waals surface area (Å²) in [6.45, 7) is 4.13. The fourth-order valence-electron chi connectivity index (χ4n) is 3.39. The van der Waals surface area contributed by atoms with Crippen LogP contribution >= 0.6 is 0 Å². The van der Waals surface area contributed by atoms with Crippen LogP contribution in [0.1, 0.15) is 23.6 Å². The molecule has 1 aliphatic rings. The van der Waals surface area contributed by atoms with Crippen LogP contribution in [-0.4, -0.2) is 38.1 Å². The number of esters is 1. The summed E-state index contributed by atoms with van der Waals surface area (Å²) in [5.41, 5.74) is 3.86. The van der Waals surface area contributed by atoms with Crippen molar-refractivity contribution in [1.82, 2.24) is 4.90 Å². The monoisotopic (exact) mass is 407 g/mol. The number of benzene rings is 2. The standard InChI is InChI=1S/C24H25NO5/c1-15-6-8-17(9-7-15)14-25-16(2)22(24(27)30-5)20(23(25)26)12-18-10-11-19(28-3)13-21(18)29-4/h6-13H,14H2,1-5H3. The molecule has 0 aliphatic carbocycles. The van der Waals surface area contributed by atoms with Crippen LogP contribution in [0.15, 0.2) is 59.3 Å². The Labute approximate surface area is 176 Å². The Balaban J connectivity index is 2.05. The molecule has 6 nitrogen and oxygen atoms in total. The number of amides is 1. The number of allylic oxidation sites excluding steroid dienone is 1. The Morgan fingerprint density at radius 2 is 1.70 bits per heavy atom. The molecule has 0 atom stereocenters. The largest absolute Gasteiger partial charge is 0.497 e. The smallest absolute Gasteiger partial charge is 0.340 e. The number of ether oxygens (including phenoxy) is 3. The summed E-state index contributed by atoms with van der Waals surface area (Å²) < 4.78 is 15.6. The van der Waals surface area contributed by atoms with E-state index < -0.39 is 5.97 Å². The average Bonchev–Trinajstić information content (AvgIpc) is 2.99. The lowest BCUT2D eigenvalue weighted by Crippen LogP contribution is -2.24. The number of carbonyl (C=O) groups is 2. The molecule has 0 aromatic heterocycles. The highest BCUT2D eigenvalue weighted by molar-refractivity contribution is 6.16. The van der Waals surface area contributed by atoms with Crippen LogP contribution in [0.4, 0.5) is 0 Å². The third-order valence-corrected chi connectivity index (χ3v) is 5.10. The SMILES string of the molecule is COC(=O)C1=C(C)N(Cc2ccc(C)cc2)C(=O)C1=Cc1ccc(OC)cc1OC. The number of carbonyl (C=O) groups excluding carboxylic acids is 2. The molecular formula is C24H25NO5. The van der Waals surface area contributed by atoms with Crippen LogP contribution < -0.4 is 9.47 Å². The van der Waals surface area contributed by atoms with E-state index in [2.05, 4.69) is 0 Å². The summed E-state index contributed by atoms with van der Waals surface area (Å²) >= 11 is 0. The molecule has 0 bridgehead atoms. The van der Waals surface area contributed by atoms with Gasteiger partial charge in [0.15, 0.2) is 0 Å². The van der Waals surface area contributed by atoms with Crippen molar-refractivity contribution in [2.45, 2.75) is 20.4 Å². The highest BCUT2D eigenvalue weighted by Crippen LogP contribution is 2.35. The van der Waals surface area contributed by atoms with E-state index in [1.165, 1.54) is 7.11 Å². The Bertz CT molecular complexity index is 1030. The highest BCUT2D eigenvalue weighted by Gasteiger charge is 2.37. The van der Waals surface area contributed by atoms with Crippen molar-refractivity contribution < 1.29 is 23.8 Å². The minimum Gasteiger partial charge on any atom is -0.497 e. The summed E-state index contributed by atoms with van der Waals surface area (Å²) in [5.74, 6) is 0.360. The molecular weight excluding hydrogens is 382 g/mol. The summed E-state index contributed by atoms with van der Waals surface area (Å²) in [4.78, 5) is 27.4. The van der Waals surface area contributed by atoms with Crippen molar-refractivity contribution in [1.29, 1.82) is 0 Å². The van der Waals surface area contributed by atoms with Crippen molar-refractivity contribution in [2.24, 2.45) is 0 Å². The number of nitrogens with zero attached hydrogens (tertiary/aromatic N) is 1. The van der Waals surface area contributed by atoms with Crippen molar-refractivity contribution >= 4 is 18.0 Å². The molecule has 30 heavy (non-hydrogen) atoms. The van der Waals surface area contributed by atoms with Gasteiger partial charge in [-0.15, -0.1) is 0 Å². The van der Waals surface area contributed by atoms with Gasteiger partial charge >= 0.3 is 5.97 Å². The van der Waals surface area contributed by atoms with E-state index in [0.717, 1.165) is 11.1 Å². The predicted octanol–water partition coefficient (Wildman–Crippen LogP) is 3.89. The maximum absolute atomic E-state index is 13.3. The molecule has 0 N–H and O–H groups in total. The Morgan fingerprint density at radius 1 is 1.00 bits per heavy atom. The molecule has 156 valence electrons. The molecule has 0 unspecified atom stereocenters. The van der Waals surface area contributed by atoms with Crippen LogP contribution in [0.3, 0.4) is 0 Å². The Kier molecular flexibility index (Phi) is 6.26. The van der Waals surface area contributed by atoms with Gasteiger partial charge in [0.25, 0.3) is 5.91 Å². The van der Waals surface area contributed by atoms with Crippen LogP contribution in [0.25, 0.3) is 6.08 Å². The van der Waals surface area contributed by atoms with Gasteiger partial charge in [-0.2, -0.15) is 0 Å². The molecule has 6 heteroatoms. The van der Waals surface area contributed by atoms with E-state index in [9.17, 15) is 9.59 Å². The first-order chi connectivity index (χ1) is 14.4. The van der Waals surface area contributed by atoms with Crippen molar-refractivity contribution in [2.75, 3.05) is 21.3 Å². The van der Waals surface area contributed by atoms with Crippen LogP contribution in [0.2, 0.25) is 0 Å². The predicted molar refractivity (Wildman–Crippen MR) is 114 cm³/mol. The number of hydrogen-bond donors (Lipinski definition) is 0. The van der Waals surface area contributed by atoms with Gasteiger partial charge in [0.1, 0.15) is 11.5 Å².